The van der Waals surface area contributed by atoms with Crippen LogP contribution >= 0.6 is 0 Å². The monoisotopic (exact) mass is 298 g/mol. The van der Waals surface area contributed by atoms with Gasteiger partial charge in [0.1, 0.15) is 17.3 Å². The average Bonchev–Trinajstić information content (AvgIpc) is 2.91. The highest BCUT2D eigenvalue weighted by Crippen LogP contribution is 2.37. The molecule has 1 fully saturated rings. The normalized spacial score (nSPS) is 16.5. The summed E-state index contributed by atoms with van der Waals surface area (Å²) in [5.74, 6) is -2.74. The zero-order chi connectivity index (χ0) is 15.5. The van der Waals surface area contributed by atoms with E-state index in [0.29, 0.717) is 12.8 Å². The second kappa shape index (κ2) is 6.07. The number of nitrogens with one attached hydrogen (secondary N) is 2. The van der Waals surface area contributed by atoms with Crippen molar-refractivity contribution in [2.75, 3.05) is 11.9 Å². The lowest BCUT2D eigenvalue weighted by atomic mass is 9.86. The maximum atomic E-state index is 13.4. The molecule has 1 aromatic carbocycles. The zero-order valence-corrected chi connectivity index (χ0v) is 11.3. The molecule has 0 atom stereocenters. The van der Waals surface area contributed by atoms with Crippen LogP contribution in [0.1, 0.15) is 25.7 Å². The predicted molar refractivity (Wildman–Crippen MR) is 71.9 cm³/mol. The number of carboxylic acid groups (broad SMARTS) is 1. The van der Waals surface area contributed by atoms with Gasteiger partial charge in [-0.3, -0.25) is 4.79 Å². The van der Waals surface area contributed by atoms with E-state index >= 15 is 0 Å². The highest BCUT2D eigenvalue weighted by Gasteiger charge is 2.41. The van der Waals surface area contributed by atoms with Crippen LogP contribution in [-0.4, -0.2) is 23.7 Å². The summed E-state index contributed by atoms with van der Waals surface area (Å²) >= 11 is 0. The van der Waals surface area contributed by atoms with E-state index in [-0.39, 0.29) is 6.54 Å². The van der Waals surface area contributed by atoms with Gasteiger partial charge >= 0.3 is 12.0 Å². The predicted octanol–water partition coefficient (Wildman–Crippen LogP) is 2.73. The first-order valence-corrected chi connectivity index (χ1v) is 6.67. The molecule has 114 valence electrons. The Bertz CT molecular complexity index is 537. The molecule has 2 amide bonds. The van der Waals surface area contributed by atoms with E-state index in [0.717, 1.165) is 25.0 Å². The van der Waals surface area contributed by atoms with Gasteiger partial charge in [-0.15, -0.1) is 0 Å². The molecule has 0 bridgehead atoms. The minimum Gasteiger partial charge on any atom is -0.481 e. The van der Waals surface area contributed by atoms with Gasteiger partial charge in [0.15, 0.2) is 0 Å². The lowest BCUT2D eigenvalue weighted by Gasteiger charge is -2.24. The average molecular weight is 298 g/mol. The van der Waals surface area contributed by atoms with Crippen molar-refractivity contribution >= 4 is 17.7 Å². The zero-order valence-electron chi connectivity index (χ0n) is 11.3. The number of para-hydroxylation sites is 1. The highest BCUT2D eigenvalue weighted by molar-refractivity contribution is 5.90. The van der Waals surface area contributed by atoms with Crippen LogP contribution in [0.3, 0.4) is 0 Å². The molecule has 0 radical (unpaired) electrons. The number of rotatable bonds is 4. The van der Waals surface area contributed by atoms with E-state index in [4.69, 9.17) is 0 Å². The summed E-state index contributed by atoms with van der Waals surface area (Å²) in [5.41, 5.74) is -1.53. The standard InChI is InChI=1S/C14H16F2N2O3/c15-9-4-3-5-10(16)11(9)18-13(21)17-8-14(12(19)20)6-1-2-7-14/h3-5H,1-2,6-8H2,(H,19,20)(H2,17,18,21). The van der Waals surface area contributed by atoms with Gasteiger partial charge in [-0.1, -0.05) is 18.9 Å². The fraction of sp³-hybridized carbons (Fsp3) is 0.429. The fourth-order valence-electron chi connectivity index (χ4n) is 2.54. The number of carbonyl (C=O) groups excluding carboxylic acids is 1. The van der Waals surface area contributed by atoms with Crippen molar-refractivity contribution in [2.24, 2.45) is 5.41 Å². The third-order valence-electron chi connectivity index (χ3n) is 3.80. The van der Waals surface area contributed by atoms with Crippen LogP contribution in [0.25, 0.3) is 0 Å². The van der Waals surface area contributed by atoms with Crippen molar-refractivity contribution in [3.05, 3.63) is 29.8 Å². The number of aliphatic carboxylic acids is 1. The highest BCUT2D eigenvalue weighted by atomic mass is 19.1. The third kappa shape index (κ3) is 3.29. The number of urea groups is 1. The molecule has 21 heavy (non-hydrogen) atoms. The molecule has 0 aliphatic heterocycles. The Kier molecular flexibility index (Phi) is 4.40. The third-order valence-corrected chi connectivity index (χ3v) is 3.80. The van der Waals surface area contributed by atoms with E-state index in [1.54, 1.807) is 0 Å². The van der Waals surface area contributed by atoms with Crippen LogP contribution in [0.15, 0.2) is 18.2 Å². The Labute approximate surface area is 120 Å². The lowest BCUT2D eigenvalue weighted by Crippen LogP contribution is -2.42. The van der Waals surface area contributed by atoms with Crippen LogP contribution < -0.4 is 10.6 Å². The Morgan fingerprint density at radius 3 is 2.29 bits per heavy atom. The van der Waals surface area contributed by atoms with Gasteiger partial charge in [-0.2, -0.15) is 0 Å². The quantitative estimate of drug-likeness (QED) is 0.799. The molecule has 1 aliphatic rings. The molecule has 0 heterocycles. The molecule has 1 aliphatic carbocycles. The first-order valence-electron chi connectivity index (χ1n) is 6.67. The number of hydrogen-bond donors (Lipinski definition) is 3. The van der Waals surface area contributed by atoms with Crippen molar-refractivity contribution < 1.29 is 23.5 Å². The number of carbonyl (C=O) groups is 2. The maximum absolute atomic E-state index is 13.4. The first-order chi connectivity index (χ1) is 9.94. The molecule has 1 saturated carbocycles. The Morgan fingerprint density at radius 1 is 1.19 bits per heavy atom. The van der Waals surface area contributed by atoms with E-state index in [1.165, 1.54) is 6.07 Å². The van der Waals surface area contributed by atoms with Crippen LogP contribution in [0, 0.1) is 17.0 Å². The number of anilines is 1. The molecule has 5 nitrogen and oxygen atoms in total. The number of benzene rings is 1. The van der Waals surface area contributed by atoms with Gasteiger partial charge in [0.2, 0.25) is 0 Å². The van der Waals surface area contributed by atoms with Crippen molar-refractivity contribution in [1.29, 1.82) is 0 Å². The molecule has 0 saturated heterocycles. The Morgan fingerprint density at radius 2 is 1.76 bits per heavy atom. The van der Waals surface area contributed by atoms with Crippen LogP contribution in [0.2, 0.25) is 0 Å². The summed E-state index contributed by atoms with van der Waals surface area (Å²) in [6.45, 7) is -0.0652. The van der Waals surface area contributed by atoms with Gasteiger partial charge < -0.3 is 15.7 Å². The van der Waals surface area contributed by atoms with E-state index in [9.17, 15) is 23.5 Å². The lowest BCUT2D eigenvalue weighted by molar-refractivity contribution is -0.148. The molecular weight excluding hydrogens is 282 g/mol. The molecular formula is C14H16F2N2O3. The summed E-state index contributed by atoms with van der Waals surface area (Å²) in [5, 5.41) is 13.7. The SMILES string of the molecule is O=C(NCC1(C(=O)O)CCCC1)Nc1c(F)cccc1F. The van der Waals surface area contributed by atoms with Crippen molar-refractivity contribution in [3.8, 4) is 0 Å². The summed E-state index contributed by atoms with van der Waals surface area (Å²) < 4.78 is 26.8. The van der Waals surface area contributed by atoms with E-state index < -0.39 is 34.7 Å². The second-order valence-electron chi connectivity index (χ2n) is 5.20. The smallest absolute Gasteiger partial charge is 0.319 e. The van der Waals surface area contributed by atoms with Crippen molar-refractivity contribution in [2.45, 2.75) is 25.7 Å². The van der Waals surface area contributed by atoms with Crippen LogP contribution in [0.5, 0.6) is 0 Å². The van der Waals surface area contributed by atoms with Gasteiger partial charge in [0.25, 0.3) is 0 Å². The van der Waals surface area contributed by atoms with Gasteiger partial charge in [-0.25, -0.2) is 13.6 Å². The molecule has 7 heteroatoms. The minimum atomic E-state index is -0.981. The van der Waals surface area contributed by atoms with Gasteiger partial charge in [0, 0.05) is 6.54 Å². The maximum Gasteiger partial charge on any atom is 0.319 e. The first kappa shape index (κ1) is 15.2. The van der Waals surface area contributed by atoms with Crippen LogP contribution in [0.4, 0.5) is 19.3 Å². The Balaban J connectivity index is 1.98. The molecule has 0 aromatic heterocycles. The molecule has 0 spiro atoms. The topological polar surface area (TPSA) is 78.4 Å². The number of amides is 2. The van der Waals surface area contributed by atoms with E-state index in [1.807, 2.05) is 0 Å². The summed E-state index contributed by atoms with van der Waals surface area (Å²) in [6.07, 6.45) is 2.54. The fourth-order valence-corrected chi connectivity index (χ4v) is 2.54. The second-order valence-corrected chi connectivity index (χ2v) is 5.20. The molecule has 2 rings (SSSR count). The van der Waals surface area contributed by atoms with Gasteiger partial charge in [-0.05, 0) is 25.0 Å². The molecule has 3 N–H and O–H groups in total. The Hall–Kier alpha value is -2.18. The van der Waals surface area contributed by atoms with E-state index in [2.05, 4.69) is 10.6 Å². The summed E-state index contributed by atoms with van der Waals surface area (Å²) in [4.78, 5) is 23.0. The summed E-state index contributed by atoms with van der Waals surface area (Å²) in [7, 11) is 0. The molecule has 1 aromatic rings. The van der Waals surface area contributed by atoms with Crippen molar-refractivity contribution in [1.82, 2.24) is 5.32 Å². The summed E-state index contributed by atoms with van der Waals surface area (Å²) in [6, 6.07) is 2.40. The minimum absolute atomic E-state index is 0.0652. The van der Waals surface area contributed by atoms with Gasteiger partial charge in [0.05, 0.1) is 5.41 Å². The largest absolute Gasteiger partial charge is 0.481 e. The van der Waals surface area contributed by atoms with Crippen LogP contribution in [-0.2, 0) is 4.79 Å². The number of hydrogen-bond acceptors (Lipinski definition) is 2. The van der Waals surface area contributed by atoms with Crippen molar-refractivity contribution in [3.63, 3.8) is 0 Å². The number of halogens is 2. The number of carboxylic acids is 1. The molecule has 0 unspecified atom stereocenters.